The Morgan fingerprint density at radius 3 is 2.70 bits per heavy atom. The van der Waals surface area contributed by atoms with Crippen LogP contribution in [0.1, 0.15) is 24.3 Å². The molecule has 1 aliphatic heterocycles. The molecule has 0 radical (unpaired) electrons. The number of hydrogen-bond acceptors (Lipinski definition) is 3. The molecule has 1 aromatic rings. The van der Waals surface area contributed by atoms with Crippen LogP contribution in [0.3, 0.4) is 0 Å². The van der Waals surface area contributed by atoms with Crippen LogP contribution < -0.4 is 5.32 Å². The van der Waals surface area contributed by atoms with Crippen LogP contribution in [0.4, 0.5) is 4.39 Å². The Balaban J connectivity index is 1.60. The number of hydrogen-bond donors (Lipinski definition) is 1. The second kappa shape index (κ2) is 4.84. The summed E-state index contributed by atoms with van der Waals surface area (Å²) in [4.78, 5) is 12.0. The fourth-order valence-corrected chi connectivity index (χ4v) is 4.49. The van der Waals surface area contributed by atoms with Crippen LogP contribution in [-0.2, 0) is 14.6 Å². The largest absolute Gasteiger partial charge is 0.352 e. The van der Waals surface area contributed by atoms with E-state index in [0.29, 0.717) is 18.4 Å². The lowest BCUT2D eigenvalue weighted by atomic mass is 10.1. The maximum atomic E-state index is 13.6. The van der Waals surface area contributed by atoms with Crippen molar-refractivity contribution in [3.05, 3.63) is 35.6 Å². The molecule has 3 unspecified atom stereocenters. The molecule has 0 spiro atoms. The van der Waals surface area contributed by atoms with Gasteiger partial charge in [0.2, 0.25) is 5.91 Å². The molecule has 20 heavy (non-hydrogen) atoms. The van der Waals surface area contributed by atoms with Gasteiger partial charge >= 0.3 is 0 Å². The van der Waals surface area contributed by atoms with Crippen LogP contribution >= 0.6 is 0 Å². The first-order valence-electron chi connectivity index (χ1n) is 6.71. The molecule has 1 heterocycles. The van der Waals surface area contributed by atoms with E-state index in [9.17, 15) is 17.6 Å². The van der Waals surface area contributed by atoms with Gasteiger partial charge in [-0.1, -0.05) is 18.2 Å². The van der Waals surface area contributed by atoms with Crippen molar-refractivity contribution >= 4 is 15.7 Å². The second-order valence-corrected chi connectivity index (χ2v) is 7.81. The third-order valence-electron chi connectivity index (χ3n) is 4.01. The molecule has 3 rings (SSSR count). The molecule has 1 saturated heterocycles. The van der Waals surface area contributed by atoms with Gasteiger partial charge in [-0.25, -0.2) is 12.8 Å². The lowest BCUT2D eigenvalue weighted by Crippen LogP contribution is -2.36. The Labute approximate surface area is 117 Å². The van der Waals surface area contributed by atoms with E-state index in [1.165, 1.54) is 6.07 Å². The first-order chi connectivity index (χ1) is 9.46. The van der Waals surface area contributed by atoms with Crippen molar-refractivity contribution in [2.45, 2.75) is 24.8 Å². The minimum absolute atomic E-state index is 0.0236. The molecule has 4 nitrogen and oxygen atoms in total. The standard InChI is InChI=1S/C14H16FNO3S/c15-13-4-2-1-3-10(13)11-7-12(11)14(17)16-9-5-6-20(18,19)8-9/h1-4,9,11-12H,5-8H2,(H,16,17). The Morgan fingerprint density at radius 1 is 1.30 bits per heavy atom. The average molecular weight is 297 g/mol. The zero-order valence-electron chi connectivity index (χ0n) is 10.9. The Kier molecular flexibility index (Phi) is 3.28. The second-order valence-electron chi connectivity index (χ2n) is 5.58. The summed E-state index contributed by atoms with van der Waals surface area (Å²) in [6.07, 6.45) is 1.11. The van der Waals surface area contributed by atoms with Crippen molar-refractivity contribution in [3.63, 3.8) is 0 Å². The lowest BCUT2D eigenvalue weighted by molar-refractivity contribution is -0.122. The maximum Gasteiger partial charge on any atom is 0.223 e. The summed E-state index contributed by atoms with van der Waals surface area (Å²) in [6, 6.07) is 6.20. The smallest absolute Gasteiger partial charge is 0.223 e. The quantitative estimate of drug-likeness (QED) is 0.913. The van der Waals surface area contributed by atoms with E-state index in [0.717, 1.165) is 0 Å². The minimum atomic E-state index is -2.99. The van der Waals surface area contributed by atoms with Gasteiger partial charge in [0.15, 0.2) is 9.84 Å². The maximum absolute atomic E-state index is 13.6. The van der Waals surface area contributed by atoms with Crippen molar-refractivity contribution in [2.75, 3.05) is 11.5 Å². The summed E-state index contributed by atoms with van der Waals surface area (Å²) in [5.41, 5.74) is 0.576. The van der Waals surface area contributed by atoms with Crippen LogP contribution in [-0.4, -0.2) is 31.9 Å². The fourth-order valence-electron chi connectivity index (χ4n) is 2.82. The predicted octanol–water partition coefficient (Wildman–Crippen LogP) is 1.23. The normalized spacial score (nSPS) is 30.9. The number of sulfone groups is 1. The molecule has 0 aromatic heterocycles. The number of benzene rings is 1. The fraction of sp³-hybridized carbons (Fsp3) is 0.500. The van der Waals surface area contributed by atoms with Gasteiger partial charge in [0.1, 0.15) is 5.82 Å². The van der Waals surface area contributed by atoms with E-state index < -0.39 is 9.84 Å². The van der Waals surface area contributed by atoms with Gasteiger partial charge in [-0.15, -0.1) is 0 Å². The molecule has 1 amide bonds. The third-order valence-corrected chi connectivity index (χ3v) is 5.78. The van der Waals surface area contributed by atoms with Crippen molar-refractivity contribution in [3.8, 4) is 0 Å². The lowest BCUT2D eigenvalue weighted by Gasteiger charge is -2.10. The molecule has 1 saturated carbocycles. The molecular formula is C14H16FNO3S. The summed E-state index contributed by atoms with van der Waals surface area (Å²) in [5, 5.41) is 2.78. The minimum Gasteiger partial charge on any atom is -0.352 e. The number of carbonyl (C=O) groups excluding carboxylic acids is 1. The summed E-state index contributed by atoms with van der Waals surface area (Å²) < 4.78 is 36.3. The van der Waals surface area contributed by atoms with Gasteiger partial charge in [0, 0.05) is 12.0 Å². The molecule has 6 heteroatoms. The summed E-state index contributed by atoms with van der Waals surface area (Å²) in [7, 11) is -2.99. The first kappa shape index (κ1) is 13.5. The van der Waals surface area contributed by atoms with E-state index >= 15 is 0 Å². The van der Waals surface area contributed by atoms with E-state index in [2.05, 4.69) is 5.32 Å². The highest BCUT2D eigenvalue weighted by atomic mass is 32.2. The van der Waals surface area contributed by atoms with Crippen molar-refractivity contribution < 1.29 is 17.6 Å². The number of carbonyl (C=O) groups is 1. The van der Waals surface area contributed by atoms with Crippen LogP contribution in [0.15, 0.2) is 24.3 Å². The van der Waals surface area contributed by atoms with Gasteiger partial charge in [-0.2, -0.15) is 0 Å². The zero-order valence-corrected chi connectivity index (χ0v) is 11.7. The summed E-state index contributed by atoms with van der Waals surface area (Å²) >= 11 is 0. The Bertz CT molecular complexity index is 644. The highest BCUT2D eigenvalue weighted by Crippen LogP contribution is 2.48. The SMILES string of the molecule is O=C(NC1CCS(=O)(=O)C1)C1CC1c1ccccc1F. The van der Waals surface area contributed by atoms with E-state index in [-0.39, 0.29) is 41.1 Å². The van der Waals surface area contributed by atoms with E-state index in [1.807, 2.05) is 0 Å². The number of halogens is 1. The summed E-state index contributed by atoms with van der Waals surface area (Å²) in [5.74, 6) is -0.573. The molecule has 2 aliphatic rings. The third kappa shape index (κ3) is 2.70. The molecule has 108 valence electrons. The molecule has 1 aromatic carbocycles. The van der Waals surface area contributed by atoms with Crippen molar-refractivity contribution in [1.29, 1.82) is 0 Å². The molecule has 2 fully saturated rings. The molecule has 3 atom stereocenters. The molecule has 0 bridgehead atoms. The van der Waals surface area contributed by atoms with E-state index in [4.69, 9.17) is 0 Å². The van der Waals surface area contributed by atoms with Crippen molar-refractivity contribution in [1.82, 2.24) is 5.32 Å². The van der Waals surface area contributed by atoms with Crippen molar-refractivity contribution in [2.24, 2.45) is 5.92 Å². The monoisotopic (exact) mass is 297 g/mol. The molecule has 1 aliphatic carbocycles. The van der Waals surface area contributed by atoms with Gasteiger partial charge < -0.3 is 5.32 Å². The van der Waals surface area contributed by atoms with E-state index in [1.54, 1.807) is 18.2 Å². The number of amides is 1. The van der Waals surface area contributed by atoms with Gasteiger partial charge in [-0.3, -0.25) is 4.79 Å². The Morgan fingerprint density at radius 2 is 2.05 bits per heavy atom. The number of nitrogens with one attached hydrogen (secondary N) is 1. The topological polar surface area (TPSA) is 63.2 Å². The highest BCUT2D eigenvalue weighted by molar-refractivity contribution is 7.91. The van der Waals surface area contributed by atoms with Crippen LogP contribution in [0.25, 0.3) is 0 Å². The number of rotatable bonds is 3. The van der Waals surface area contributed by atoms with Crippen LogP contribution in [0, 0.1) is 11.7 Å². The molecular weight excluding hydrogens is 281 g/mol. The van der Waals surface area contributed by atoms with Crippen LogP contribution in [0.2, 0.25) is 0 Å². The van der Waals surface area contributed by atoms with Gasteiger partial charge in [0.25, 0.3) is 0 Å². The van der Waals surface area contributed by atoms with Gasteiger partial charge in [-0.05, 0) is 30.4 Å². The highest BCUT2D eigenvalue weighted by Gasteiger charge is 2.46. The average Bonchev–Trinajstić information content (AvgIpc) is 3.10. The first-order valence-corrected chi connectivity index (χ1v) is 8.53. The summed E-state index contributed by atoms with van der Waals surface area (Å²) in [6.45, 7) is 0. The zero-order chi connectivity index (χ0) is 14.3. The predicted molar refractivity (Wildman–Crippen MR) is 72.4 cm³/mol. The Hall–Kier alpha value is -1.43. The van der Waals surface area contributed by atoms with Gasteiger partial charge in [0.05, 0.1) is 11.5 Å². The van der Waals surface area contributed by atoms with Crippen LogP contribution in [0.5, 0.6) is 0 Å². The molecule has 1 N–H and O–H groups in total.